The van der Waals surface area contributed by atoms with E-state index in [0.717, 1.165) is 12.8 Å². The smallest absolute Gasteiger partial charge is 0.242 e. The summed E-state index contributed by atoms with van der Waals surface area (Å²) in [5.41, 5.74) is 0.325. The predicted octanol–water partition coefficient (Wildman–Crippen LogP) is 2.54. The van der Waals surface area contributed by atoms with Gasteiger partial charge in [-0.05, 0) is 44.5 Å². The van der Waals surface area contributed by atoms with Crippen molar-refractivity contribution in [3.8, 4) is 0 Å². The summed E-state index contributed by atoms with van der Waals surface area (Å²) in [5, 5.41) is 3.51. The molecule has 0 atom stereocenters. The second kappa shape index (κ2) is 5.22. The molecule has 0 aliphatic heterocycles. The molecule has 2 N–H and O–H groups in total. The molecule has 1 aromatic rings. The van der Waals surface area contributed by atoms with E-state index >= 15 is 0 Å². The van der Waals surface area contributed by atoms with Crippen molar-refractivity contribution in [1.29, 1.82) is 0 Å². The zero-order chi connectivity index (χ0) is 14.3. The fourth-order valence-electron chi connectivity index (χ4n) is 1.80. The van der Waals surface area contributed by atoms with Crippen LogP contribution in [0.25, 0.3) is 0 Å². The fourth-order valence-corrected chi connectivity index (χ4v) is 4.20. The Kier molecular flexibility index (Phi) is 4.14. The maximum Gasteiger partial charge on any atom is 0.242 e. The van der Waals surface area contributed by atoms with Gasteiger partial charge >= 0.3 is 0 Å². The molecule has 1 aromatic carbocycles. The Balaban J connectivity index is 2.43. The number of hydrogen-bond acceptors (Lipinski definition) is 3. The van der Waals surface area contributed by atoms with E-state index in [1.54, 1.807) is 13.1 Å². The monoisotopic (exact) mass is 322 g/mol. The highest BCUT2D eigenvalue weighted by Crippen LogP contribution is 2.37. The highest BCUT2D eigenvalue weighted by Gasteiger charge is 2.41. The Labute approximate surface area is 123 Å². The van der Waals surface area contributed by atoms with Gasteiger partial charge in [0.15, 0.2) is 0 Å². The molecule has 0 spiro atoms. The van der Waals surface area contributed by atoms with Gasteiger partial charge in [0.1, 0.15) is 4.90 Å². The molecule has 1 saturated carbocycles. The number of hydrogen-bond donors (Lipinski definition) is 2. The van der Waals surface area contributed by atoms with Crippen molar-refractivity contribution in [3.63, 3.8) is 0 Å². The molecule has 2 rings (SSSR count). The number of sulfonamides is 1. The van der Waals surface area contributed by atoms with Gasteiger partial charge in [0, 0.05) is 17.1 Å². The lowest BCUT2D eigenvalue weighted by Gasteiger charge is -2.15. The average Bonchev–Trinajstić information content (AvgIpc) is 3.00. The van der Waals surface area contributed by atoms with Gasteiger partial charge in [-0.1, -0.05) is 23.2 Å². The summed E-state index contributed by atoms with van der Waals surface area (Å²) in [5.74, 6) is 0. The van der Waals surface area contributed by atoms with Gasteiger partial charge < -0.3 is 5.32 Å². The Hall–Kier alpha value is -0.330. The van der Waals surface area contributed by atoms with Gasteiger partial charge in [-0.25, -0.2) is 13.1 Å². The molecule has 0 bridgehead atoms. The van der Waals surface area contributed by atoms with Crippen LogP contribution in [0.15, 0.2) is 17.0 Å². The van der Waals surface area contributed by atoms with E-state index in [-0.39, 0.29) is 15.5 Å². The molecule has 0 unspecified atom stereocenters. The van der Waals surface area contributed by atoms with Crippen molar-refractivity contribution in [2.45, 2.75) is 36.7 Å². The molecular formula is C12H16Cl2N2O2S. The third-order valence-electron chi connectivity index (χ3n) is 3.12. The lowest BCUT2D eigenvalue weighted by atomic mass is 10.2. The molecule has 0 saturated heterocycles. The van der Waals surface area contributed by atoms with Crippen molar-refractivity contribution in [3.05, 3.63) is 27.7 Å². The average molecular weight is 323 g/mol. The molecule has 0 amide bonds. The Morgan fingerprint density at radius 3 is 2.47 bits per heavy atom. The molecule has 0 heterocycles. The van der Waals surface area contributed by atoms with Crippen molar-refractivity contribution >= 4 is 33.2 Å². The van der Waals surface area contributed by atoms with E-state index in [1.165, 1.54) is 6.07 Å². The van der Waals surface area contributed by atoms with Crippen LogP contribution in [0.1, 0.15) is 25.3 Å². The first-order valence-corrected chi connectivity index (χ1v) is 8.18. The van der Waals surface area contributed by atoms with Gasteiger partial charge in [-0.3, -0.25) is 0 Å². The molecule has 1 fully saturated rings. The molecule has 0 aromatic heterocycles. The molecular weight excluding hydrogens is 307 g/mol. The molecule has 106 valence electrons. The summed E-state index contributed by atoms with van der Waals surface area (Å²) in [4.78, 5) is 0.0417. The van der Waals surface area contributed by atoms with Gasteiger partial charge in [0.25, 0.3) is 0 Å². The predicted molar refractivity (Wildman–Crippen MR) is 77.2 cm³/mol. The van der Waals surface area contributed by atoms with E-state index in [2.05, 4.69) is 10.0 Å². The summed E-state index contributed by atoms with van der Waals surface area (Å²) in [6, 6.07) is 3.05. The van der Waals surface area contributed by atoms with Crippen LogP contribution < -0.4 is 10.0 Å². The maximum atomic E-state index is 12.3. The second-order valence-electron chi connectivity index (χ2n) is 5.07. The molecule has 1 aliphatic rings. The summed E-state index contributed by atoms with van der Waals surface area (Å²) < 4.78 is 27.4. The van der Waals surface area contributed by atoms with Crippen LogP contribution in [0.3, 0.4) is 0 Å². The van der Waals surface area contributed by atoms with E-state index in [0.29, 0.717) is 17.1 Å². The Morgan fingerprint density at radius 2 is 1.95 bits per heavy atom. The van der Waals surface area contributed by atoms with Crippen LogP contribution in [0.5, 0.6) is 0 Å². The summed E-state index contributed by atoms with van der Waals surface area (Å²) in [7, 11) is -1.88. The number of halogens is 2. The topological polar surface area (TPSA) is 58.2 Å². The lowest BCUT2D eigenvalue weighted by molar-refractivity contribution is 0.558. The van der Waals surface area contributed by atoms with E-state index in [9.17, 15) is 8.42 Å². The van der Waals surface area contributed by atoms with Crippen LogP contribution in [0.2, 0.25) is 10.0 Å². The number of benzene rings is 1. The summed E-state index contributed by atoms with van der Waals surface area (Å²) >= 11 is 12.1. The van der Waals surface area contributed by atoms with Crippen molar-refractivity contribution in [1.82, 2.24) is 10.0 Å². The van der Waals surface area contributed by atoms with Crippen LogP contribution >= 0.6 is 23.2 Å². The van der Waals surface area contributed by atoms with E-state index in [1.807, 2.05) is 6.92 Å². The number of nitrogens with one attached hydrogen (secondary N) is 2. The molecule has 1 aliphatic carbocycles. The highest BCUT2D eigenvalue weighted by atomic mass is 35.5. The first-order valence-electron chi connectivity index (χ1n) is 5.94. The van der Waals surface area contributed by atoms with Gasteiger partial charge in [0.05, 0.1) is 5.02 Å². The zero-order valence-corrected chi connectivity index (χ0v) is 13.1. The van der Waals surface area contributed by atoms with Crippen molar-refractivity contribution in [2.24, 2.45) is 0 Å². The van der Waals surface area contributed by atoms with Gasteiger partial charge in [-0.15, -0.1) is 0 Å². The summed E-state index contributed by atoms with van der Waals surface area (Å²) in [6.07, 6.45) is 1.68. The Bertz CT molecular complexity index is 598. The maximum absolute atomic E-state index is 12.3. The molecule has 0 radical (unpaired) electrons. The minimum absolute atomic E-state index is 0.0417. The number of rotatable bonds is 5. The fraction of sp³-hybridized carbons (Fsp3) is 0.500. The van der Waals surface area contributed by atoms with E-state index in [4.69, 9.17) is 23.2 Å². The third kappa shape index (κ3) is 3.41. The SMILES string of the molecule is CNCc1cc(Cl)cc(S(=O)(=O)NC2(C)CC2)c1Cl. The largest absolute Gasteiger partial charge is 0.316 e. The van der Waals surface area contributed by atoms with Crippen LogP contribution in [0, 0.1) is 0 Å². The lowest BCUT2D eigenvalue weighted by Crippen LogP contribution is -2.34. The van der Waals surface area contributed by atoms with Crippen molar-refractivity contribution in [2.75, 3.05) is 7.05 Å². The normalized spacial score (nSPS) is 17.5. The quantitative estimate of drug-likeness (QED) is 0.875. The van der Waals surface area contributed by atoms with Crippen LogP contribution in [0.4, 0.5) is 0 Å². The van der Waals surface area contributed by atoms with Gasteiger partial charge in [0.2, 0.25) is 10.0 Å². The first kappa shape index (κ1) is 15.1. The first-order chi connectivity index (χ1) is 8.77. The van der Waals surface area contributed by atoms with Crippen LogP contribution in [-0.2, 0) is 16.6 Å². The highest BCUT2D eigenvalue weighted by molar-refractivity contribution is 7.89. The zero-order valence-electron chi connectivity index (χ0n) is 10.8. The molecule has 7 heteroatoms. The van der Waals surface area contributed by atoms with Gasteiger partial charge in [-0.2, -0.15) is 0 Å². The van der Waals surface area contributed by atoms with Crippen LogP contribution in [-0.4, -0.2) is 21.0 Å². The second-order valence-corrected chi connectivity index (χ2v) is 7.54. The minimum Gasteiger partial charge on any atom is -0.316 e. The molecule has 19 heavy (non-hydrogen) atoms. The minimum atomic E-state index is -3.64. The van der Waals surface area contributed by atoms with Crippen molar-refractivity contribution < 1.29 is 8.42 Å². The summed E-state index contributed by atoms with van der Waals surface area (Å²) in [6.45, 7) is 2.33. The van der Waals surface area contributed by atoms with E-state index < -0.39 is 10.0 Å². The standard InChI is InChI=1S/C12H16Cl2N2O2S/c1-12(3-4-12)16-19(17,18)10-6-9(13)5-8(7-15-2)11(10)14/h5-6,15-16H,3-4,7H2,1-2H3. The third-order valence-corrected chi connectivity index (χ3v) is 5.56. The molecule has 4 nitrogen and oxygen atoms in total. The Morgan fingerprint density at radius 1 is 1.32 bits per heavy atom.